The summed E-state index contributed by atoms with van der Waals surface area (Å²) in [5.74, 6) is -0.137. The molecule has 1 aliphatic rings. The van der Waals surface area contributed by atoms with Gasteiger partial charge in [-0.2, -0.15) is 0 Å². The van der Waals surface area contributed by atoms with Crippen LogP contribution in [0.25, 0.3) is 0 Å². The molecule has 1 aromatic rings. The summed E-state index contributed by atoms with van der Waals surface area (Å²) < 4.78 is 0.760. The van der Waals surface area contributed by atoms with Gasteiger partial charge in [0.05, 0.1) is 6.42 Å². The van der Waals surface area contributed by atoms with E-state index in [1.54, 1.807) is 6.20 Å². The molecule has 0 radical (unpaired) electrons. The highest BCUT2D eigenvalue weighted by Gasteiger charge is 2.22. The maximum atomic E-state index is 11.1. The largest absolute Gasteiger partial charge is 0.326 e. The molecule has 0 saturated heterocycles. The topological polar surface area (TPSA) is 62.0 Å². The van der Waals surface area contributed by atoms with Crippen LogP contribution in [-0.2, 0) is 11.2 Å². The third-order valence-electron chi connectivity index (χ3n) is 1.75. The minimum absolute atomic E-state index is 0. The molecule has 0 atom stereocenters. The molecule has 0 spiro atoms. The van der Waals surface area contributed by atoms with Gasteiger partial charge >= 0.3 is 0 Å². The van der Waals surface area contributed by atoms with Crippen molar-refractivity contribution in [2.75, 3.05) is 5.32 Å². The molecule has 0 aromatic carbocycles. The third kappa shape index (κ3) is 1.68. The first kappa shape index (κ1) is 10.5. The number of anilines is 1. The highest BCUT2D eigenvalue weighted by atomic mass is 79.9. The van der Waals surface area contributed by atoms with Gasteiger partial charge in [-0.3, -0.25) is 9.59 Å². The summed E-state index contributed by atoms with van der Waals surface area (Å²) in [5, 5.41) is 2.49. The van der Waals surface area contributed by atoms with Crippen LogP contribution in [0.2, 0.25) is 0 Å². The van der Waals surface area contributed by atoms with Crippen LogP contribution in [0.1, 0.15) is 5.56 Å². The van der Waals surface area contributed by atoms with Crippen molar-refractivity contribution in [3.63, 3.8) is 0 Å². The van der Waals surface area contributed by atoms with Crippen LogP contribution in [0.3, 0.4) is 0 Å². The van der Waals surface area contributed by atoms with Gasteiger partial charge < -0.3 is 10.3 Å². The average molecular weight is 310 g/mol. The van der Waals surface area contributed by atoms with E-state index in [-0.39, 0.29) is 34.9 Å². The Balaban J connectivity index is 0.000000845. The number of rotatable bonds is 0. The van der Waals surface area contributed by atoms with Crippen molar-refractivity contribution in [2.45, 2.75) is 6.42 Å². The lowest BCUT2D eigenvalue weighted by Crippen LogP contribution is -2.12. The van der Waals surface area contributed by atoms with Crippen LogP contribution < -0.4 is 10.9 Å². The second-order valence-electron chi connectivity index (χ2n) is 2.54. The molecule has 0 bridgehead atoms. The number of fused-ring (bicyclic) bond motifs is 1. The highest BCUT2D eigenvalue weighted by Crippen LogP contribution is 2.25. The standard InChI is InChI=1S/C7H5BrN2O2.BrH/c8-4-2-9-7(12)6-3(4)1-5(11)10-6;/h2H,1H2,(H,9,12)(H,10,11);1H. The van der Waals surface area contributed by atoms with E-state index in [4.69, 9.17) is 0 Å². The van der Waals surface area contributed by atoms with Gasteiger partial charge in [-0.25, -0.2) is 0 Å². The third-order valence-corrected chi connectivity index (χ3v) is 2.46. The molecule has 0 fully saturated rings. The molecular weight excluding hydrogens is 304 g/mol. The van der Waals surface area contributed by atoms with Crippen LogP contribution in [-0.4, -0.2) is 10.9 Å². The Labute approximate surface area is 92.6 Å². The predicted molar refractivity (Wildman–Crippen MR) is 57.4 cm³/mol. The number of nitrogens with one attached hydrogen (secondary N) is 2. The zero-order valence-electron chi connectivity index (χ0n) is 6.39. The molecule has 4 nitrogen and oxygen atoms in total. The lowest BCUT2D eigenvalue weighted by Gasteiger charge is -1.97. The lowest BCUT2D eigenvalue weighted by atomic mass is 10.2. The lowest BCUT2D eigenvalue weighted by molar-refractivity contribution is -0.115. The van der Waals surface area contributed by atoms with Gasteiger partial charge in [-0.15, -0.1) is 17.0 Å². The van der Waals surface area contributed by atoms with Gasteiger partial charge in [0.2, 0.25) is 5.91 Å². The zero-order valence-corrected chi connectivity index (χ0v) is 9.69. The van der Waals surface area contributed by atoms with Crippen LogP contribution in [0.5, 0.6) is 0 Å². The first-order chi connectivity index (χ1) is 5.68. The number of aromatic nitrogens is 1. The molecular formula is C7H6Br2N2O2. The van der Waals surface area contributed by atoms with Crippen LogP contribution in [0, 0.1) is 0 Å². The Bertz CT molecular complexity index is 413. The number of hydrogen-bond donors (Lipinski definition) is 2. The maximum absolute atomic E-state index is 11.1. The number of hydrogen-bond acceptors (Lipinski definition) is 2. The Morgan fingerprint density at radius 1 is 1.38 bits per heavy atom. The minimum atomic E-state index is -0.251. The zero-order chi connectivity index (χ0) is 8.72. The quantitative estimate of drug-likeness (QED) is 0.757. The van der Waals surface area contributed by atoms with E-state index >= 15 is 0 Å². The number of halogens is 2. The fraction of sp³-hybridized carbons (Fsp3) is 0.143. The SMILES string of the molecule is Br.O=C1Cc2c(Br)c[nH]c(=O)c2N1. The number of H-pyrrole nitrogens is 1. The summed E-state index contributed by atoms with van der Waals surface area (Å²) in [5.41, 5.74) is 0.858. The average Bonchev–Trinajstić information content (AvgIpc) is 2.41. The fourth-order valence-electron chi connectivity index (χ4n) is 1.19. The van der Waals surface area contributed by atoms with Crippen molar-refractivity contribution in [3.05, 3.63) is 26.6 Å². The molecule has 1 aliphatic heterocycles. The Hall–Kier alpha value is -0.620. The molecule has 2 N–H and O–H groups in total. The van der Waals surface area contributed by atoms with E-state index in [1.165, 1.54) is 0 Å². The van der Waals surface area contributed by atoms with Crippen molar-refractivity contribution in [1.82, 2.24) is 4.98 Å². The van der Waals surface area contributed by atoms with Crippen LogP contribution >= 0.6 is 32.9 Å². The van der Waals surface area contributed by atoms with E-state index in [0.717, 1.165) is 10.0 Å². The molecule has 0 unspecified atom stereocenters. The van der Waals surface area contributed by atoms with E-state index < -0.39 is 0 Å². The Morgan fingerprint density at radius 2 is 2.08 bits per heavy atom. The Kier molecular flexibility index (Phi) is 2.92. The van der Waals surface area contributed by atoms with Crippen LogP contribution in [0.4, 0.5) is 5.69 Å². The summed E-state index contributed by atoms with van der Waals surface area (Å²) in [4.78, 5) is 24.5. The van der Waals surface area contributed by atoms with E-state index in [9.17, 15) is 9.59 Å². The first-order valence-electron chi connectivity index (χ1n) is 3.38. The van der Waals surface area contributed by atoms with Crippen molar-refractivity contribution in [1.29, 1.82) is 0 Å². The number of amides is 1. The molecule has 6 heteroatoms. The van der Waals surface area contributed by atoms with Gasteiger partial charge in [0.1, 0.15) is 5.69 Å². The maximum Gasteiger partial charge on any atom is 0.272 e. The number of aromatic amines is 1. The monoisotopic (exact) mass is 308 g/mol. The van der Waals surface area contributed by atoms with E-state index in [1.807, 2.05) is 0 Å². The van der Waals surface area contributed by atoms with Gasteiger partial charge in [-0.05, 0) is 15.9 Å². The first-order valence-corrected chi connectivity index (χ1v) is 4.17. The van der Waals surface area contributed by atoms with Gasteiger partial charge in [0.15, 0.2) is 0 Å². The molecule has 13 heavy (non-hydrogen) atoms. The Morgan fingerprint density at radius 3 is 2.69 bits per heavy atom. The molecule has 0 aliphatic carbocycles. The number of carbonyl (C=O) groups is 1. The highest BCUT2D eigenvalue weighted by molar-refractivity contribution is 9.10. The van der Waals surface area contributed by atoms with E-state index in [0.29, 0.717) is 5.69 Å². The molecule has 1 amide bonds. The summed E-state index contributed by atoms with van der Waals surface area (Å²) in [6.45, 7) is 0. The predicted octanol–water partition coefficient (Wildman–Crippen LogP) is 1.21. The van der Waals surface area contributed by atoms with Gasteiger partial charge in [0.25, 0.3) is 5.56 Å². The molecule has 2 rings (SSSR count). The van der Waals surface area contributed by atoms with Crippen molar-refractivity contribution < 1.29 is 4.79 Å². The molecule has 2 heterocycles. The molecule has 0 saturated carbocycles. The van der Waals surface area contributed by atoms with Crippen molar-refractivity contribution in [2.24, 2.45) is 0 Å². The van der Waals surface area contributed by atoms with Crippen molar-refractivity contribution >= 4 is 44.5 Å². The summed E-state index contributed by atoms with van der Waals surface area (Å²) in [6.07, 6.45) is 1.82. The number of pyridine rings is 1. The fourth-order valence-corrected chi connectivity index (χ4v) is 1.65. The minimum Gasteiger partial charge on any atom is -0.326 e. The summed E-state index contributed by atoms with van der Waals surface area (Å²) >= 11 is 3.25. The molecule has 1 aromatic heterocycles. The van der Waals surface area contributed by atoms with Gasteiger partial charge in [0, 0.05) is 16.2 Å². The second-order valence-corrected chi connectivity index (χ2v) is 3.40. The second kappa shape index (κ2) is 3.63. The summed E-state index contributed by atoms with van der Waals surface area (Å²) in [6, 6.07) is 0. The van der Waals surface area contributed by atoms with E-state index in [2.05, 4.69) is 26.2 Å². The smallest absolute Gasteiger partial charge is 0.272 e. The normalized spacial score (nSPS) is 13.2. The van der Waals surface area contributed by atoms with Crippen LogP contribution in [0.15, 0.2) is 15.5 Å². The van der Waals surface area contributed by atoms with Gasteiger partial charge in [-0.1, -0.05) is 0 Å². The van der Waals surface area contributed by atoms with Crippen molar-refractivity contribution in [3.8, 4) is 0 Å². The molecule has 70 valence electrons. The summed E-state index contributed by atoms with van der Waals surface area (Å²) in [7, 11) is 0. The number of carbonyl (C=O) groups excluding carboxylic acids is 1.